The summed E-state index contributed by atoms with van der Waals surface area (Å²) in [6, 6.07) is 13.0. The summed E-state index contributed by atoms with van der Waals surface area (Å²) in [5.74, 6) is -0.0875. The van der Waals surface area contributed by atoms with E-state index in [-0.39, 0.29) is 5.91 Å². The first-order valence-electron chi connectivity index (χ1n) is 6.34. The van der Waals surface area contributed by atoms with Crippen LogP contribution in [-0.4, -0.2) is 17.9 Å². The van der Waals surface area contributed by atoms with E-state index >= 15 is 0 Å². The molecule has 0 saturated heterocycles. The Labute approximate surface area is 124 Å². The summed E-state index contributed by atoms with van der Waals surface area (Å²) in [5.41, 5.74) is 8.82. The monoisotopic (exact) mass is 288 g/mol. The van der Waals surface area contributed by atoms with Gasteiger partial charge in [0.15, 0.2) is 0 Å². The Balaban J connectivity index is 2.16. The van der Waals surface area contributed by atoms with Gasteiger partial charge in [-0.05, 0) is 36.2 Å². The third-order valence-corrected chi connectivity index (χ3v) is 3.67. The zero-order chi connectivity index (χ0) is 14.7. The molecule has 0 fully saturated rings. The lowest BCUT2D eigenvalue weighted by Crippen LogP contribution is -2.26. The summed E-state index contributed by atoms with van der Waals surface area (Å²) in [4.78, 5) is 14.1. The smallest absolute Gasteiger partial charge is 0.255 e. The van der Waals surface area contributed by atoms with Crippen molar-refractivity contribution in [2.75, 3.05) is 12.8 Å². The molecule has 0 aliphatic carbocycles. The van der Waals surface area contributed by atoms with Crippen LogP contribution in [0.25, 0.3) is 0 Å². The fraction of sp³-hybridized carbons (Fsp3) is 0.188. The Morgan fingerprint density at radius 1 is 1.20 bits per heavy atom. The molecule has 0 heterocycles. The van der Waals surface area contributed by atoms with Gasteiger partial charge in [0.2, 0.25) is 0 Å². The van der Waals surface area contributed by atoms with Crippen molar-refractivity contribution in [3.05, 3.63) is 64.2 Å². The number of aryl methyl sites for hydroxylation is 1. The number of hydrogen-bond acceptors (Lipinski definition) is 2. The Morgan fingerprint density at radius 2 is 1.85 bits per heavy atom. The molecule has 0 aliphatic rings. The van der Waals surface area contributed by atoms with E-state index in [1.165, 1.54) is 0 Å². The third kappa shape index (κ3) is 3.11. The topological polar surface area (TPSA) is 46.3 Å². The molecule has 20 heavy (non-hydrogen) atoms. The number of carbonyl (C=O) groups excluding carboxylic acids is 1. The van der Waals surface area contributed by atoms with E-state index in [1.807, 2.05) is 43.3 Å². The standard InChI is InChI=1S/C16H17ClN2O/c1-11-4-3-5-14(15(11)17)16(20)19(2)10-12-6-8-13(18)9-7-12/h3-9H,10,18H2,1-2H3. The van der Waals surface area contributed by atoms with Crippen molar-refractivity contribution in [3.8, 4) is 0 Å². The SMILES string of the molecule is Cc1cccc(C(=O)N(C)Cc2ccc(N)cc2)c1Cl. The molecule has 0 saturated carbocycles. The zero-order valence-corrected chi connectivity index (χ0v) is 12.3. The summed E-state index contributed by atoms with van der Waals surface area (Å²) in [6.07, 6.45) is 0. The molecular formula is C16H17ClN2O. The summed E-state index contributed by atoms with van der Waals surface area (Å²) >= 11 is 6.19. The van der Waals surface area contributed by atoms with E-state index in [0.717, 1.165) is 11.1 Å². The highest BCUT2D eigenvalue weighted by molar-refractivity contribution is 6.34. The second kappa shape index (κ2) is 5.97. The van der Waals surface area contributed by atoms with Gasteiger partial charge >= 0.3 is 0 Å². The maximum Gasteiger partial charge on any atom is 0.255 e. The van der Waals surface area contributed by atoms with E-state index in [2.05, 4.69) is 0 Å². The molecule has 2 aromatic rings. The average Bonchev–Trinajstić information content (AvgIpc) is 2.43. The minimum Gasteiger partial charge on any atom is -0.399 e. The molecule has 4 heteroatoms. The zero-order valence-electron chi connectivity index (χ0n) is 11.6. The Morgan fingerprint density at radius 3 is 2.50 bits per heavy atom. The Bertz CT molecular complexity index is 623. The predicted molar refractivity (Wildman–Crippen MR) is 82.8 cm³/mol. The van der Waals surface area contributed by atoms with E-state index in [4.69, 9.17) is 17.3 Å². The minimum atomic E-state index is -0.0875. The number of nitrogens with zero attached hydrogens (tertiary/aromatic N) is 1. The fourth-order valence-electron chi connectivity index (χ4n) is 1.99. The molecule has 0 spiro atoms. The van der Waals surface area contributed by atoms with E-state index in [0.29, 0.717) is 22.8 Å². The molecule has 0 bridgehead atoms. The van der Waals surface area contributed by atoms with Gasteiger partial charge in [0.1, 0.15) is 0 Å². The quantitative estimate of drug-likeness (QED) is 0.879. The predicted octanol–water partition coefficient (Wildman–Crippen LogP) is 3.50. The normalized spacial score (nSPS) is 10.3. The highest BCUT2D eigenvalue weighted by atomic mass is 35.5. The number of nitrogen functional groups attached to an aromatic ring is 1. The number of halogens is 1. The lowest BCUT2D eigenvalue weighted by Gasteiger charge is -2.18. The van der Waals surface area contributed by atoms with Gasteiger partial charge in [-0.15, -0.1) is 0 Å². The molecule has 0 radical (unpaired) electrons. The van der Waals surface area contributed by atoms with E-state index in [9.17, 15) is 4.79 Å². The van der Waals surface area contributed by atoms with Crippen LogP contribution in [0.15, 0.2) is 42.5 Å². The summed E-state index contributed by atoms with van der Waals surface area (Å²) < 4.78 is 0. The summed E-state index contributed by atoms with van der Waals surface area (Å²) in [7, 11) is 1.76. The second-order valence-corrected chi connectivity index (χ2v) is 5.22. The van der Waals surface area contributed by atoms with Gasteiger partial charge in [-0.2, -0.15) is 0 Å². The van der Waals surface area contributed by atoms with Crippen LogP contribution in [0.2, 0.25) is 5.02 Å². The van der Waals surface area contributed by atoms with Crippen molar-refractivity contribution < 1.29 is 4.79 Å². The molecule has 104 valence electrons. The highest BCUT2D eigenvalue weighted by Crippen LogP contribution is 2.22. The number of hydrogen-bond donors (Lipinski definition) is 1. The lowest BCUT2D eigenvalue weighted by molar-refractivity contribution is 0.0785. The molecule has 1 amide bonds. The van der Waals surface area contributed by atoms with Crippen molar-refractivity contribution >= 4 is 23.2 Å². The number of anilines is 1. The molecule has 2 N–H and O–H groups in total. The van der Waals surface area contributed by atoms with Crippen LogP contribution in [-0.2, 0) is 6.54 Å². The highest BCUT2D eigenvalue weighted by Gasteiger charge is 2.16. The van der Waals surface area contributed by atoms with Gasteiger partial charge in [0, 0.05) is 19.3 Å². The van der Waals surface area contributed by atoms with Crippen LogP contribution in [0.1, 0.15) is 21.5 Å². The fourth-order valence-corrected chi connectivity index (χ4v) is 2.19. The summed E-state index contributed by atoms with van der Waals surface area (Å²) in [5, 5.41) is 0.515. The largest absolute Gasteiger partial charge is 0.399 e. The molecular weight excluding hydrogens is 272 g/mol. The van der Waals surface area contributed by atoms with Gasteiger partial charge in [-0.25, -0.2) is 0 Å². The Hall–Kier alpha value is -2.00. The maximum atomic E-state index is 12.4. The van der Waals surface area contributed by atoms with Gasteiger partial charge in [0.25, 0.3) is 5.91 Å². The minimum absolute atomic E-state index is 0.0875. The van der Waals surface area contributed by atoms with Crippen LogP contribution >= 0.6 is 11.6 Å². The van der Waals surface area contributed by atoms with E-state index < -0.39 is 0 Å². The maximum absolute atomic E-state index is 12.4. The number of benzene rings is 2. The van der Waals surface area contributed by atoms with Gasteiger partial charge in [0.05, 0.1) is 10.6 Å². The summed E-state index contributed by atoms with van der Waals surface area (Å²) in [6.45, 7) is 2.41. The van der Waals surface area contributed by atoms with Crippen LogP contribution in [0, 0.1) is 6.92 Å². The van der Waals surface area contributed by atoms with Crippen molar-refractivity contribution in [2.24, 2.45) is 0 Å². The molecule has 0 aromatic heterocycles. The molecule has 0 unspecified atom stereocenters. The van der Waals surface area contributed by atoms with Crippen LogP contribution < -0.4 is 5.73 Å². The van der Waals surface area contributed by atoms with Crippen LogP contribution in [0.5, 0.6) is 0 Å². The van der Waals surface area contributed by atoms with Crippen molar-refractivity contribution in [2.45, 2.75) is 13.5 Å². The van der Waals surface area contributed by atoms with Crippen LogP contribution in [0.3, 0.4) is 0 Å². The molecule has 3 nitrogen and oxygen atoms in total. The first kappa shape index (κ1) is 14.4. The van der Waals surface area contributed by atoms with Gasteiger partial charge in [-0.3, -0.25) is 4.79 Å². The Kier molecular flexibility index (Phi) is 4.30. The first-order chi connectivity index (χ1) is 9.49. The number of carbonyl (C=O) groups is 1. The van der Waals surface area contributed by atoms with Crippen LogP contribution in [0.4, 0.5) is 5.69 Å². The van der Waals surface area contributed by atoms with E-state index in [1.54, 1.807) is 18.0 Å². The molecule has 2 rings (SSSR count). The number of rotatable bonds is 3. The first-order valence-corrected chi connectivity index (χ1v) is 6.72. The van der Waals surface area contributed by atoms with Crippen molar-refractivity contribution in [1.82, 2.24) is 4.90 Å². The molecule has 0 aliphatic heterocycles. The number of amides is 1. The van der Waals surface area contributed by atoms with Gasteiger partial charge < -0.3 is 10.6 Å². The second-order valence-electron chi connectivity index (χ2n) is 4.84. The van der Waals surface area contributed by atoms with Gasteiger partial charge in [-0.1, -0.05) is 35.9 Å². The lowest BCUT2D eigenvalue weighted by atomic mass is 10.1. The molecule has 0 atom stereocenters. The molecule has 2 aromatic carbocycles. The van der Waals surface area contributed by atoms with Crippen molar-refractivity contribution in [1.29, 1.82) is 0 Å². The third-order valence-electron chi connectivity index (χ3n) is 3.17. The average molecular weight is 289 g/mol. The van der Waals surface area contributed by atoms with Crippen molar-refractivity contribution in [3.63, 3.8) is 0 Å². The number of nitrogens with two attached hydrogens (primary N) is 1.